The SMILES string of the molecule is CCCNc1cnccc1C(=O)NC(C)CN(C)C. The summed E-state index contributed by atoms with van der Waals surface area (Å²) in [5.74, 6) is -0.0599. The predicted octanol–water partition coefficient (Wildman–Crippen LogP) is 1.58. The molecule has 0 saturated heterocycles. The van der Waals surface area contributed by atoms with Crippen LogP contribution < -0.4 is 10.6 Å². The predicted molar refractivity (Wildman–Crippen MR) is 78.5 cm³/mol. The lowest BCUT2D eigenvalue weighted by Gasteiger charge is -2.19. The Labute approximate surface area is 115 Å². The molecular weight excluding hydrogens is 240 g/mol. The fraction of sp³-hybridized carbons (Fsp3) is 0.571. The Hall–Kier alpha value is -1.62. The summed E-state index contributed by atoms with van der Waals surface area (Å²) in [6.07, 6.45) is 4.34. The van der Waals surface area contributed by atoms with Gasteiger partial charge >= 0.3 is 0 Å². The molecule has 1 aromatic rings. The normalized spacial score (nSPS) is 12.3. The van der Waals surface area contributed by atoms with Crippen LogP contribution in [-0.4, -0.2) is 49.0 Å². The summed E-state index contributed by atoms with van der Waals surface area (Å²) >= 11 is 0. The smallest absolute Gasteiger partial charge is 0.253 e. The van der Waals surface area contributed by atoms with Gasteiger partial charge in [0.25, 0.3) is 5.91 Å². The zero-order valence-corrected chi connectivity index (χ0v) is 12.2. The van der Waals surface area contributed by atoms with Gasteiger partial charge in [0.2, 0.25) is 0 Å². The Balaban J connectivity index is 2.70. The standard InChI is InChI=1S/C14H24N4O/c1-5-7-16-13-9-15-8-6-12(13)14(19)17-11(2)10-18(3)4/h6,8-9,11,16H,5,7,10H2,1-4H3,(H,17,19). The van der Waals surface area contributed by atoms with Gasteiger partial charge in [-0.15, -0.1) is 0 Å². The summed E-state index contributed by atoms with van der Waals surface area (Å²) in [7, 11) is 3.98. The molecule has 1 amide bonds. The first kappa shape index (κ1) is 15.4. The van der Waals surface area contributed by atoms with Crippen molar-refractivity contribution < 1.29 is 4.79 Å². The van der Waals surface area contributed by atoms with Crippen molar-refractivity contribution in [3.8, 4) is 0 Å². The highest BCUT2D eigenvalue weighted by molar-refractivity contribution is 5.99. The molecule has 0 aliphatic heterocycles. The van der Waals surface area contributed by atoms with E-state index in [0.717, 1.165) is 25.2 Å². The maximum absolute atomic E-state index is 12.2. The number of rotatable bonds is 7. The van der Waals surface area contributed by atoms with E-state index < -0.39 is 0 Å². The van der Waals surface area contributed by atoms with Crippen molar-refractivity contribution in [3.63, 3.8) is 0 Å². The first-order chi connectivity index (χ1) is 9.04. The average molecular weight is 264 g/mol. The fourth-order valence-corrected chi connectivity index (χ4v) is 1.89. The van der Waals surface area contributed by atoms with Crippen molar-refractivity contribution in [1.29, 1.82) is 0 Å². The number of likely N-dealkylation sites (N-methyl/N-ethyl adjacent to an activating group) is 1. The third-order valence-electron chi connectivity index (χ3n) is 2.65. The second-order valence-corrected chi connectivity index (χ2v) is 4.98. The van der Waals surface area contributed by atoms with Gasteiger partial charge in [-0.3, -0.25) is 9.78 Å². The van der Waals surface area contributed by atoms with E-state index in [-0.39, 0.29) is 11.9 Å². The molecule has 0 bridgehead atoms. The van der Waals surface area contributed by atoms with Gasteiger partial charge in [0.15, 0.2) is 0 Å². The average Bonchev–Trinajstić information content (AvgIpc) is 2.35. The molecule has 19 heavy (non-hydrogen) atoms. The van der Waals surface area contributed by atoms with Crippen LogP contribution in [0.4, 0.5) is 5.69 Å². The number of carbonyl (C=O) groups is 1. The van der Waals surface area contributed by atoms with E-state index in [2.05, 4.69) is 22.5 Å². The molecule has 5 heteroatoms. The molecule has 0 radical (unpaired) electrons. The third-order valence-corrected chi connectivity index (χ3v) is 2.65. The number of aromatic nitrogens is 1. The zero-order chi connectivity index (χ0) is 14.3. The lowest BCUT2D eigenvalue weighted by atomic mass is 10.2. The van der Waals surface area contributed by atoms with Gasteiger partial charge in [-0.1, -0.05) is 6.92 Å². The van der Waals surface area contributed by atoms with Crippen LogP contribution in [0.25, 0.3) is 0 Å². The Morgan fingerprint density at radius 1 is 1.47 bits per heavy atom. The van der Waals surface area contributed by atoms with Crippen LogP contribution in [0.15, 0.2) is 18.5 Å². The van der Waals surface area contributed by atoms with Crippen LogP contribution in [0.5, 0.6) is 0 Å². The molecule has 0 aliphatic carbocycles. The highest BCUT2D eigenvalue weighted by atomic mass is 16.1. The van der Waals surface area contributed by atoms with Crippen molar-refractivity contribution in [1.82, 2.24) is 15.2 Å². The molecule has 0 aliphatic rings. The van der Waals surface area contributed by atoms with Gasteiger partial charge in [-0.05, 0) is 33.5 Å². The van der Waals surface area contributed by atoms with E-state index in [0.29, 0.717) is 5.56 Å². The third kappa shape index (κ3) is 5.26. The minimum absolute atomic E-state index is 0.0599. The molecule has 1 rings (SSSR count). The van der Waals surface area contributed by atoms with Crippen LogP contribution in [0, 0.1) is 0 Å². The minimum Gasteiger partial charge on any atom is -0.383 e. The maximum Gasteiger partial charge on any atom is 0.253 e. The van der Waals surface area contributed by atoms with Gasteiger partial charge in [0, 0.05) is 25.3 Å². The molecule has 1 heterocycles. The van der Waals surface area contributed by atoms with Crippen molar-refractivity contribution in [2.24, 2.45) is 0 Å². The van der Waals surface area contributed by atoms with E-state index in [9.17, 15) is 4.79 Å². The largest absolute Gasteiger partial charge is 0.383 e. The Morgan fingerprint density at radius 3 is 2.84 bits per heavy atom. The quantitative estimate of drug-likeness (QED) is 0.785. The molecule has 1 atom stereocenters. The summed E-state index contributed by atoms with van der Waals surface area (Å²) in [5.41, 5.74) is 1.44. The molecule has 5 nitrogen and oxygen atoms in total. The number of pyridine rings is 1. The van der Waals surface area contributed by atoms with Gasteiger partial charge in [-0.25, -0.2) is 0 Å². The van der Waals surface area contributed by atoms with Crippen LogP contribution >= 0.6 is 0 Å². The highest BCUT2D eigenvalue weighted by Gasteiger charge is 2.13. The molecule has 0 spiro atoms. The lowest BCUT2D eigenvalue weighted by molar-refractivity contribution is 0.0935. The molecular formula is C14H24N4O. The fourth-order valence-electron chi connectivity index (χ4n) is 1.89. The van der Waals surface area contributed by atoms with Crippen molar-refractivity contribution in [3.05, 3.63) is 24.0 Å². The molecule has 0 aromatic carbocycles. The van der Waals surface area contributed by atoms with E-state index in [1.54, 1.807) is 18.5 Å². The minimum atomic E-state index is -0.0599. The molecule has 1 aromatic heterocycles. The first-order valence-corrected chi connectivity index (χ1v) is 6.68. The number of amides is 1. The van der Waals surface area contributed by atoms with Crippen molar-refractivity contribution in [2.75, 3.05) is 32.5 Å². The van der Waals surface area contributed by atoms with E-state index in [4.69, 9.17) is 0 Å². The lowest BCUT2D eigenvalue weighted by Crippen LogP contribution is -2.39. The van der Waals surface area contributed by atoms with Crippen molar-refractivity contribution >= 4 is 11.6 Å². The van der Waals surface area contributed by atoms with Crippen LogP contribution in [0.2, 0.25) is 0 Å². The monoisotopic (exact) mass is 264 g/mol. The number of hydrogen-bond acceptors (Lipinski definition) is 4. The van der Waals surface area contributed by atoms with Gasteiger partial charge in [-0.2, -0.15) is 0 Å². The summed E-state index contributed by atoms with van der Waals surface area (Å²) < 4.78 is 0. The number of hydrogen-bond donors (Lipinski definition) is 2. The van der Waals surface area contributed by atoms with Crippen LogP contribution in [0.3, 0.4) is 0 Å². The molecule has 2 N–H and O–H groups in total. The second-order valence-electron chi connectivity index (χ2n) is 4.98. The van der Waals surface area contributed by atoms with E-state index in [1.165, 1.54) is 0 Å². The van der Waals surface area contributed by atoms with Crippen molar-refractivity contribution in [2.45, 2.75) is 26.3 Å². The van der Waals surface area contributed by atoms with Gasteiger partial charge in [0.1, 0.15) is 0 Å². The summed E-state index contributed by atoms with van der Waals surface area (Å²) in [6.45, 7) is 5.73. The maximum atomic E-state index is 12.2. The summed E-state index contributed by atoms with van der Waals surface area (Å²) in [6, 6.07) is 1.85. The highest BCUT2D eigenvalue weighted by Crippen LogP contribution is 2.13. The Morgan fingerprint density at radius 2 is 2.21 bits per heavy atom. The first-order valence-electron chi connectivity index (χ1n) is 6.68. The number of anilines is 1. The van der Waals surface area contributed by atoms with Crippen LogP contribution in [-0.2, 0) is 0 Å². The van der Waals surface area contributed by atoms with E-state index in [1.807, 2.05) is 25.9 Å². The Bertz CT molecular complexity index is 406. The second kappa shape index (κ2) is 7.74. The Kier molecular flexibility index (Phi) is 6.29. The van der Waals surface area contributed by atoms with E-state index >= 15 is 0 Å². The number of nitrogens with one attached hydrogen (secondary N) is 2. The molecule has 0 fully saturated rings. The molecule has 0 saturated carbocycles. The summed E-state index contributed by atoms with van der Waals surface area (Å²) in [4.78, 5) is 18.3. The number of nitrogens with zero attached hydrogens (tertiary/aromatic N) is 2. The summed E-state index contributed by atoms with van der Waals surface area (Å²) in [5, 5.41) is 6.22. The van der Waals surface area contributed by atoms with Gasteiger partial charge < -0.3 is 15.5 Å². The van der Waals surface area contributed by atoms with Crippen LogP contribution in [0.1, 0.15) is 30.6 Å². The molecule has 1 unspecified atom stereocenters. The topological polar surface area (TPSA) is 57.3 Å². The van der Waals surface area contributed by atoms with Gasteiger partial charge in [0.05, 0.1) is 17.4 Å². The zero-order valence-electron chi connectivity index (χ0n) is 12.2. The number of carbonyl (C=O) groups excluding carboxylic acids is 1. The molecule has 106 valence electrons.